The molecule has 0 radical (unpaired) electrons. The second-order valence-electron chi connectivity index (χ2n) is 5.21. The van der Waals surface area contributed by atoms with Gasteiger partial charge in [0.2, 0.25) is 0 Å². The standard InChI is InChI=1S/C14H18O11/c1-3-5-13(7(15)16,8(17)18)11(23)25-12(24)14(6-4-2,9(19)20)10(21)22/h3-6H2,1-2H3,(H,15,16)(H,17,18)(H,19,20)(H,21,22). The highest BCUT2D eigenvalue weighted by atomic mass is 16.6. The minimum absolute atomic E-state index is 0.0974. The third-order valence-corrected chi connectivity index (χ3v) is 3.59. The van der Waals surface area contributed by atoms with Crippen LogP contribution in [0.5, 0.6) is 0 Å². The Bertz CT molecular complexity index is 524. The van der Waals surface area contributed by atoms with Crippen molar-refractivity contribution in [3.8, 4) is 0 Å². The molecular formula is C14H18O11. The number of carboxylic acid groups (broad SMARTS) is 4. The third kappa shape index (κ3) is 3.75. The van der Waals surface area contributed by atoms with E-state index in [0.29, 0.717) is 0 Å². The second kappa shape index (κ2) is 8.22. The van der Waals surface area contributed by atoms with E-state index in [1.165, 1.54) is 13.8 Å². The van der Waals surface area contributed by atoms with Crippen LogP contribution >= 0.6 is 0 Å². The van der Waals surface area contributed by atoms with Gasteiger partial charge >= 0.3 is 35.8 Å². The van der Waals surface area contributed by atoms with E-state index in [1.54, 1.807) is 0 Å². The largest absolute Gasteiger partial charge is 0.480 e. The third-order valence-electron chi connectivity index (χ3n) is 3.59. The average molecular weight is 362 g/mol. The Morgan fingerprint density at radius 1 is 0.640 bits per heavy atom. The molecule has 0 fully saturated rings. The molecule has 0 atom stereocenters. The lowest BCUT2D eigenvalue weighted by Gasteiger charge is -2.25. The van der Waals surface area contributed by atoms with Gasteiger partial charge in [-0.1, -0.05) is 26.7 Å². The van der Waals surface area contributed by atoms with Gasteiger partial charge in [-0.15, -0.1) is 0 Å². The summed E-state index contributed by atoms with van der Waals surface area (Å²) in [6.45, 7) is 2.73. The molecular weight excluding hydrogens is 344 g/mol. The highest BCUT2D eigenvalue weighted by Gasteiger charge is 2.60. The fourth-order valence-electron chi connectivity index (χ4n) is 2.17. The van der Waals surface area contributed by atoms with Crippen molar-refractivity contribution < 1.29 is 53.9 Å². The molecule has 4 N–H and O–H groups in total. The molecule has 0 unspecified atom stereocenters. The molecule has 0 aromatic carbocycles. The maximum atomic E-state index is 12.1. The van der Waals surface area contributed by atoms with E-state index in [4.69, 9.17) is 20.4 Å². The van der Waals surface area contributed by atoms with E-state index in [-0.39, 0.29) is 12.8 Å². The van der Waals surface area contributed by atoms with Gasteiger partial charge in [0.25, 0.3) is 10.8 Å². The Morgan fingerprint density at radius 2 is 0.880 bits per heavy atom. The topological polar surface area (TPSA) is 193 Å². The van der Waals surface area contributed by atoms with Crippen molar-refractivity contribution in [3.05, 3.63) is 0 Å². The van der Waals surface area contributed by atoms with Crippen molar-refractivity contribution >= 4 is 35.8 Å². The molecule has 0 aromatic heterocycles. The molecule has 0 aliphatic heterocycles. The summed E-state index contributed by atoms with van der Waals surface area (Å²) < 4.78 is 4.13. The zero-order valence-electron chi connectivity index (χ0n) is 13.5. The molecule has 0 saturated carbocycles. The van der Waals surface area contributed by atoms with Gasteiger partial charge in [0.1, 0.15) is 0 Å². The van der Waals surface area contributed by atoms with Gasteiger partial charge in [-0.2, -0.15) is 0 Å². The minimum Gasteiger partial charge on any atom is -0.480 e. The number of hydrogen-bond acceptors (Lipinski definition) is 7. The number of carboxylic acids is 4. The number of esters is 2. The van der Waals surface area contributed by atoms with Gasteiger partial charge < -0.3 is 25.2 Å². The van der Waals surface area contributed by atoms with Crippen molar-refractivity contribution in [2.24, 2.45) is 10.8 Å². The maximum absolute atomic E-state index is 12.1. The molecule has 11 heteroatoms. The minimum atomic E-state index is -3.15. The molecule has 0 rings (SSSR count). The summed E-state index contributed by atoms with van der Waals surface area (Å²) in [6.07, 6.45) is -1.69. The predicted octanol–water partition coefficient (Wildman–Crippen LogP) is -0.0324. The van der Waals surface area contributed by atoms with Crippen molar-refractivity contribution in [2.45, 2.75) is 39.5 Å². The molecule has 0 aliphatic carbocycles. The SMILES string of the molecule is CCCC(C(=O)O)(C(=O)O)C(=O)OC(=O)C(CCC)(C(=O)O)C(=O)O. The molecule has 0 heterocycles. The highest BCUT2D eigenvalue weighted by Crippen LogP contribution is 2.31. The summed E-state index contributed by atoms with van der Waals surface area (Å²) in [4.78, 5) is 69.3. The number of carbonyl (C=O) groups is 6. The fraction of sp³-hybridized carbons (Fsp3) is 0.571. The number of carbonyl (C=O) groups excluding carboxylic acids is 2. The molecule has 11 nitrogen and oxygen atoms in total. The lowest BCUT2D eigenvalue weighted by molar-refractivity contribution is -0.188. The zero-order chi connectivity index (χ0) is 20.0. The summed E-state index contributed by atoms with van der Waals surface area (Å²) in [6, 6.07) is 0. The predicted molar refractivity (Wildman–Crippen MR) is 76.3 cm³/mol. The Hall–Kier alpha value is -2.98. The van der Waals surface area contributed by atoms with Crippen molar-refractivity contribution in [2.75, 3.05) is 0 Å². The van der Waals surface area contributed by atoms with Crippen LogP contribution in [0.25, 0.3) is 0 Å². The lowest BCUT2D eigenvalue weighted by Crippen LogP contribution is -2.52. The summed E-state index contributed by atoms with van der Waals surface area (Å²) in [5, 5.41) is 36.4. The van der Waals surface area contributed by atoms with Crippen LogP contribution in [-0.4, -0.2) is 56.2 Å². The Morgan fingerprint density at radius 3 is 1.04 bits per heavy atom. The van der Waals surface area contributed by atoms with Gasteiger partial charge in [0.05, 0.1) is 0 Å². The average Bonchev–Trinajstić information content (AvgIpc) is 2.48. The van der Waals surface area contributed by atoms with Crippen LogP contribution in [0.1, 0.15) is 39.5 Å². The smallest absolute Gasteiger partial charge is 0.342 e. The molecule has 0 saturated heterocycles. The molecule has 25 heavy (non-hydrogen) atoms. The van der Waals surface area contributed by atoms with Gasteiger partial charge in [-0.3, -0.25) is 19.2 Å². The van der Waals surface area contributed by atoms with Crippen molar-refractivity contribution in [1.29, 1.82) is 0 Å². The number of rotatable bonds is 10. The van der Waals surface area contributed by atoms with E-state index in [1.807, 2.05) is 0 Å². The van der Waals surface area contributed by atoms with Crippen LogP contribution in [-0.2, 0) is 33.5 Å². The highest BCUT2D eigenvalue weighted by molar-refractivity contribution is 6.22. The summed E-state index contributed by atoms with van der Waals surface area (Å²) in [7, 11) is 0. The normalized spacial score (nSPS) is 11.4. The van der Waals surface area contributed by atoms with Gasteiger partial charge in [-0.25, -0.2) is 9.59 Å². The second-order valence-corrected chi connectivity index (χ2v) is 5.21. The first-order valence-electron chi connectivity index (χ1n) is 7.15. The van der Waals surface area contributed by atoms with Gasteiger partial charge in [-0.05, 0) is 12.8 Å². The van der Waals surface area contributed by atoms with Crippen LogP contribution < -0.4 is 0 Å². The Kier molecular flexibility index (Phi) is 7.24. The summed E-state index contributed by atoms with van der Waals surface area (Å²) >= 11 is 0. The molecule has 0 aromatic rings. The first-order valence-corrected chi connectivity index (χ1v) is 7.15. The van der Waals surface area contributed by atoms with Crippen molar-refractivity contribution in [3.63, 3.8) is 0 Å². The first kappa shape index (κ1) is 22.0. The number of hydrogen-bond donors (Lipinski definition) is 4. The molecule has 0 bridgehead atoms. The fourth-order valence-corrected chi connectivity index (χ4v) is 2.17. The van der Waals surface area contributed by atoms with E-state index in [2.05, 4.69) is 4.74 Å². The Balaban J connectivity index is 6.01. The zero-order valence-corrected chi connectivity index (χ0v) is 13.5. The van der Waals surface area contributed by atoms with E-state index >= 15 is 0 Å². The van der Waals surface area contributed by atoms with E-state index in [0.717, 1.165) is 0 Å². The monoisotopic (exact) mass is 362 g/mol. The van der Waals surface area contributed by atoms with Gasteiger partial charge in [0, 0.05) is 0 Å². The Labute approximate surface area is 141 Å². The van der Waals surface area contributed by atoms with Crippen LogP contribution in [0.15, 0.2) is 0 Å². The van der Waals surface area contributed by atoms with Crippen LogP contribution in [0.3, 0.4) is 0 Å². The number of ether oxygens (including phenoxy) is 1. The number of aliphatic carboxylic acids is 4. The lowest BCUT2D eigenvalue weighted by atomic mass is 9.82. The quantitative estimate of drug-likeness (QED) is 0.301. The summed E-state index contributed by atoms with van der Waals surface area (Å²) in [5.74, 6) is -12.6. The van der Waals surface area contributed by atoms with Crippen LogP contribution in [0.4, 0.5) is 0 Å². The molecule has 0 amide bonds. The molecule has 0 spiro atoms. The molecule has 140 valence electrons. The summed E-state index contributed by atoms with van der Waals surface area (Å²) in [5.41, 5.74) is -6.31. The van der Waals surface area contributed by atoms with Crippen molar-refractivity contribution in [1.82, 2.24) is 0 Å². The van der Waals surface area contributed by atoms with Crippen LogP contribution in [0, 0.1) is 10.8 Å². The first-order chi connectivity index (χ1) is 11.4. The van der Waals surface area contributed by atoms with E-state index in [9.17, 15) is 28.8 Å². The molecule has 0 aliphatic rings. The van der Waals surface area contributed by atoms with Gasteiger partial charge in [0.15, 0.2) is 0 Å². The van der Waals surface area contributed by atoms with Crippen LogP contribution in [0.2, 0.25) is 0 Å². The maximum Gasteiger partial charge on any atom is 0.342 e. The van der Waals surface area contributed by atoms with E-state index < -0.39 is 59.5 Å².